The van der Waals surface area contributed by atoms with Crippen LogP contribution in [0.3, 0.4) is 0 Å². The van der Waals surface area contributed by atoms with Crippen LogP contribution in [0.5, 0.6) is 5.75 Å². The Hall–Kier alpha value is -3.34. The smallest absolute Gasteiger partial charge is 0.338 e. The first-order valence-electron chi connectivity index (χ1n) is 9.25. The summed E-state index contributed by atoms with van der Waals surface area (Å²) in [7, 11) is 0. The van der Waals surface area contributed by atoms with E-state index in [1.165, 1.54) is 5.39 Å². The number of rotatable bonds is 7. The molecule has 0 fully saturated rings. The largest absolute Gasteiger partial charge is 0.484 e. The van der Waals surface area contributed by atoms with E-state index in [1.807, 2.05) is 25.1 Å². The molecule has 0 aliphatic carbocycles. The summed E-state index contributed by atoms with van der Waals surface area (Å²) < 4.78 is 10.4. The summed E-state index contributed by atoms with van der Waals surface area (Å²) in [6, 6.07) is 20.6. The van der Waals surface area contributed by atoms with E-state index < -0.39 is 0 Å². The predicted molar refractivity (Wildman–Crippen MR) is 108 cm³/mol. The van der Waals surface area contributed by atoms with Crippen molar-refractivity contribution in [3.8, 4) is 5.75 Å². The Morgan fingerprint density at radius 3 is 2.39 bits per heavy atom. The molecule has 0 radical (unpaired) electrons. The van der Waals surface area contributed by atoms with Gasteiger partial charge in [-0.1, -0.05) is 36.4 Å². The van der Waals surface area contributed by atoms with Crippen LogP contribution in [0.2, 0.25) is 0 Å². The minimum atomic E-state index is -0.379. The Labute approximate surface area is 164 Å². The molecule has 3 rings (SSSR count). The van der Waals surface area contributed by atoms with Gasteiger partial charge in [0.2, 0.25) is 0 Å². The van der Waals surface area contributed by atoms with Crippen LogP contribution in [0.4, 0.5) is 0 Å². The maximum absolute atomic E-state index is 12.2. The second-order valence-corrected chi connectivity index (χ2v) is 6.43. The first kappa shape index (κ1) is 19.4. The molecule has 1 amide bonds. The quantitative estimate of drug-likeness (QED) is 0.625. The van der Waals surface area contributed by atoms with Crippen LogP contribution in [0.15, 0.2) is 66.7 Å². The lowest BCUT2D eigenvalue weighted by Crippen LogP contribution is -2.31. The Morgan fingerprint density at radius 1 is 0.964 bits per heavy atom. The molecular formula is C23H23NO4. The van der Waals surface area contributed by atoms with Crippen LogP contribution in [0, 0.1) is 0 Å². The third-order valence-corrected chi connectivity index (χ3v) is 4.39. The molecule has 3 aromatic rings. The monoisotopic (exact) mass is 377 g/mol. The molecule has 3 aromatic carbocycles. The number of fused-ring (bicyclic) bond motifs is 1. The number of amides is 1. The number of ether oxygens (including phenoxy) is 2. The van der Waals surface area contributed by atoms with Gasteiger partial charge in [-0.05, 0) is 60.5 Å². The number of benzene rings is 3. The average molecular weight is 377 g/mol. The van der Waals surface area contributed by atoms with E-state index in [9.17, 15) is 9.59 Å². The van der Waals surface area contributed by atoms with Gasteiger partial charge in [0.25, 0.3) is 5.91 Å². The van der Waals surface area contributed by atoms with Gasteiger partial charge in [-0.3, -0.25) is 4.79 Å². The highest BCUT2D eigenvalue weighted by Crippen LogP contribution is 2.20. The summed E-state index contributed by atoms with van der Waals surface area (Å²) in [5.41, 5.74) is 1.48. The number of hydrogen-bond acceptors (Lipinski definition) is 4. The van der Waals surface area contributed by atoms with Crippen LogP contribution in [-0.4, -0.2) is 25.1 Å². The van der Waals surface area contributed by atoms with E-state index in [0.717, 1.165) is 10.9 Å². The topological polar surface area (TPSA) is 64.6 Å². The average Bonchev–Trinajstić information content (AvgIpc) is 2.72. The van der Waals surface area contributed by atoms with Gasteiger partial charge in [-0.2, -0.15) is 0 Å². The molecule has 5 heteroatoms. The van der Waals surface area contributed by atoms with Crippen LogP contribution < -0.4 is 10.1 Å². The Kier molecular flexibility index (Phi) is 6.27. The molecule has 0 aliphatic rings. The first-order valence-corrected chi connectivity index (χ1v) is 9.25. The van der Waals surface area contributed by atoms with Crippen LogP contribution >= 0.6 is 0 Å². The molecule has 28 heavy (non-hydrogen) atoms. The molecule has 144 valence electrons. The molecule has 0 spiro atoms. The number of carbonyl (C=O) groups is 2. The van der Waals surface area contributed by atoms with Crippen molar-refractivity contribution < 1.29 is 19.1 Å². The molecular weight excluding hydrogens is 354 g/mol. The Morgan fingerprint density at radius 2 is 1.68 bits per heavy atom. The predicted octanol–water partition coefficient (Wildman–Crippen LogP) is 4.27. The summed E-state index contributed by atoms with van der Waals surface area (Å²) in [6.07, 6.45) is 0. The number of carbonyl (C=O) groups excluding carboxylic acids is 2. The van der Waals surface area contributed by atoms with E-state index in [2.05, 4.69) is 29.6 Å². The first-order chi connectivity index (χ1) is 13.6. The standard InChI is InChI=1S/C23H23NO4/c1-3-27-23(26)18-10-12-21(13-11-18)28-15-22(25)24-16(2)19-9-8-17-6-4-5-7-20(17)14-19/h4-14,16H,3,15H2,1-2H3,(H,24,25). The summed E-state index contributed by atoms with van der Waals surface area (Å²) in [6.45, 7) is 3.92. The lowest BCUT2D eigenvalue weighted by molar-refractivity contribution is -0.123. The molecule has 0 heterocycles. The minimum absolute atomic E-state index is 0.101. The third kappa shape index (κ3) is 4.88. The fourth-order valence-corrected chi connectivity index (χ4v) is 2.89. The van der Waals surface area contributed by atoms with Gasteiger partial charge in [0, 0.05) is 0 Å². The molecule has 0 aliphatic heterocycles. The Balaban J connectivity index is 1.53. The zero-order valence-corrected chi connectivity index (χ0v) is 16.0. The van der Waals surface area contributed by atoms with Gasteiger partial charge in [0.15, 0.2) is 6.61 Å². The minimum Gasteiger partial charge on any atom is -0.484 e. The van der Waals surface area contributed by atoms with Crippen LogP contribution in [-0.2, 0) is 9.53 Å². The Bertz CT molecular complexity index is 966. The van der Waals surface area contributed by atoms with Crippen molar-refractivity contribution in [3.05, 3.63) is 77.9 Å². The van der Waals surface area contributed by atoms with Gasteiger partial charge in [0.1, 0.15) is 5.75 Å². The number of hydrogen-bond donors (Lipinski definition) is 1. The molecule has 1 unspecified atom stereocenters. The molecule has 0 bridgehead atoms. The lowest BCUT2D eigenvalue weighted by atomic mass is 10.0. The van der Waals surface area contributed by atoms with Crippen molar-refractivity contribution >= 4 is 22.6 Å². The fourth-order valence-electron chi connectivity index (χ4n) is 2.89. The van der Waals surface area contributed by atoms with Gasteiger partial charge < -0.3 is 14.8 Å². The van der Waals surface area contributed by atoms with Gasteiger partial charge in [-0.15, -0.1) is 0 Å². The molecule has 1 atom stereocenters. The van der Waals surface area contributed by atoms with Crippen molar-refractivity contribution in [2.24, 2.45) is 0 Å². The maximum atomic E-state index is 12.2. The van der Waals surface area contributed by atoms with Crippen LogP contribution in [0.25, 0.3) is 10.8 Å². The van der Waals surface area contributed by atoms with Crippen molar-refractivity contribution in [2.75, 3.05) is 13.2 Å². The highest BCUT2D eigenvalue weighted by molar-refractivity contribution is 5.89. The maximum Gasteiger partial charge on any atom is 0.338 e. The third-order valence-electron chi connectivity index (χ3n) is 4.39. The highest BCUT2D eigenvalue weighted by atomic mass is 16.5. The SMILES string of the molecule is CCOC(=O)c1ccc(OCC(=O)NC(C)c2ccc3ccccc3c2)cc1. The lowest BCUT2D eigenvalue weighted by Gasteiger charge is -2.15. The van der Waals surface area contributed by atoms with Crippen molar-refractivity contribution in [1.82, 2.24) is 5.32 Å². The normalized spacial score (nSPS) is 11.6. The molecule has 0 saturated carbocycles. The van der Waals surface area contributed by atoms with Gasteiger partial charge in [-0.25, -0.2) is 4.79 Å². The van der Waals surface area contributed by atoms with Crippen molar-refractivity contribution in [3.63, 3.8) is 0 Å². The molecule has 1 N–H and O–H groups in total. The fraction of sp³-hybridized carbons (Fsp3) is 0.217. The van der Waals surface area contributed by atoms with E-state index in [-0.39, 0.29) is 24.5 Å². The van der Waals surface area contributed by atoms with E-state index in [4.69, 9.17) is 9.47 Å². The van der Waals surface area contributed by atoms with Crippen molar-refractivity contribution in [1.29, 1.82) is 0 Å². The molecule has 5 nitrogen and oxygen atoms in total. The van der Waals surface area contributed by atoms with Gasteiger partial charge in [0.05, 0.1) is 18.2 Å². The summed E-state index contributed by atoms with van der Waals surface area (Å²) in [4.78, 5) is 23.8. The number of nitrogens with one attached hydrogen (secondary N) is 1. The van der Waals surface area contributed by atoms with Gasteiger partial charge >= 0.3 is 5.97 Å². The van der Waals surface area contributed by atoms with E-state index >= 15 is 0 Å². The summed E-state index contributed by atoms with van der Waals surface area (Å²) in [5.74, 6) is -0.0762. The molecule has 0 saturated heterocycles. The van der Waals surface area contributed by atoms with E-state index in [0.29, 0.717) is 17.9 Å². The second kappa shape index (κ2) is 9.04. The molecule has 0 aromatic heterocycles. The zero-order valence-electron chi connectivity index (χ0n) is 16.0. The summed E-state index contributed by atoms with van der Waals surface area (Å²) >= 11 is 0. The summed E-state index contributed by atoms with van der Waals surface area (Å²) in [5, 5.41) is 5.24. The second-order valence-electron chi connectivity index (χ2n) is 6.43. The highest BCUT2D eigenvalue weighted by Gasteiger charge is 2.11. The number of esters is 1. The van der Waals surface area contributed by atoms with E-state index in [1.54, 1.807) is 31.2 Å². The zero-order chi connectivity index (χ0) is 19.9. The van der Waals surface area contributed by atoms with Crippen molar-refractivity contribution in [2.45, 2.75) is 19.9 Å². The van der Waals surface area contributed by atoms with Crippen LogP contribution in [0.1, 0.15) is 35.8 Å².